The molecule has 0 heterocycles. The van der Waals surface area contributed by atoms with E-state index < -0.39 is 34.4 Å². The van der Waals surface area contributed by atoms with Crippen LogP contribution in [-0.2, 0) is 20.5 Å². The van der Waals surface area contributed by atoms with Crippen molar-refractivity contribution in [1.29, 1.82) is 0 Å². The number of imide groups is 1. The van der Waals surface area contributed by atoms with E-state index in [1.807, 2.05) is 6.07 Å². The normalized spacial score (nSPS) is 12.4. The summed E-state index contributed by atoms with van der Waals surface area (Å²) in [6.45, 7) is 9.88. The summed E-state index contributed by atoms with van der Waals surface area (Å²) in [6.07, 6.45) is -1.91. The molecule has 1 N–H and O–H groups in total. The molecule has 1 unspecified atom stereocenters. The second-order valence-corrected chi connectivity index (χ2v) is 10.8. The number of nitrogens with one attached hydrogen (secondary N) is 1. The zero-order valence-corrected chi connectivity index (χ0v) is 21.2. The SMILES string of the molecule is CC(C)(C)OC(=O)N(CCC(=O)c1cccc(NS(=O)c2ccccc2)c1)C(=O)OC(C)(C)C. The summed E-state index contributed by atoms with van der Waals surface area (Å²) in [7, 11) is -1.49. The van der Waals surface area contributed by atoms with E-state index in [1.165, 1.54) is 0 Å². The highest BCUT2D eigenvalue weighted by atomic mass is 32.2. The van der Waals surface area contributed by atoms with Gasteiger partial charge in [-0.25, -0.2) is 18.7 Å². The predicted octanol–water partition coefficient (Wildman–Crippen LogP) is 5.57. The Morgan fingerprint density at radius 2 is 1.41 bits per heavy atom. The van der Waals surface area contributed by atoms with Crippen LogP contribution in [0.3, 0.4) is 0 Å². The Balaban J connectivity index is 2.10. The number of carbonyl (C=O) groups is 3. The number of rotatable bonds is 7. The van der Waals surface area contributed by atoms with Gasteiger partial charge in [0.05, 0.1) is 4.90 Å². The molecule has 8 nitrogen and oxygen atoms in total. The lowest BCUT2D eigenvalue weighted by Crippen LogP contribution is -2.44. The van der Waals surface area contributed by atoms with Crippen molar-refractivity contribution in [3.63, 3.8) is 0 Å². The standard InChI is InChI=1S/C25H32N2O6S/c1-24(2,3)32-22(29)27(23(30)33-25(4,5)6)16-15-21(28)18-11-10-12-19(17-18)26-34(31)20-13-8-7-9-14-20/h7-14,17,26H,15-16H2,1-6H3. The molecule has 0 spiro atoms. The average Bonchev–Trinajstić information content (AvgIpc) is 2.72. The molecular weight excluding hydrogens is 456 g/mol. The number of carbonyl (C=O) groups excluding carboxylic acids is 3. The Bertz CT molecular complexity index is 1010. The van der Waals surface area contributed by atoms with Gasteiger partial charge in [-0.05, 0) is 65.8 Å². The highest BCUT2D eigenvalue weighted by Crippen LogP contribution is 2.18. The fourth-order valence-electron chi connectivity index (χ4n) is 2.72. The fourth-order valence-corrected chi connectivity index (χ4v) is 3.58. The molecule has 0 saturated heterocycles. The number of amides is 2. The largest absolute Gasteiger partial charge is 0.443 e. The number of ketones is 1. The van der Waals surface area contributed by atoms with Crippen molar-refractivity contribution >= 4 is 34.6 Å². The molecule has 2 aromatic carbocycles. The van der Waals surface area contributed by atoms with Gasteiger partial charge < -0.3 is 14.2 Å². The van der Waals surface area contributed by atoms with Crippen LogP contribution in [0.4, 0.5) is 15.3 Å². The first kappa shape index (κ1) is 27.0. The van der Waals surface area contributed by atoms with Gasteiger partial charge in [0.25, 0.3) is 0 Å². The molecule has 2 rings (SSSR count). The van der Waals surface area contributed by atoms with E-state index in [0.29, 0.717) is 16.1 Å². The minimum atomic E-state index is -1.49. The van der Waals surface area contributed by atoms with Crippen LogP contribution < -0.4 is 4.72 Å². The molecule has 0 aliphatic rings. The van der Waals surface area contributed by atoms with E-state index in [-0.39, 0.29) is 18.7 Å². The molecule has 9 heteroatoms. The molecule has 0 aliphatic carbocycles. The first-order valence-corrected chi connectivity index (χ1v) is 12.0. The molecule has 0 saturated carbocycles. The van der Waals surface area contributed by atoms with Crippen LogP contribution in [0.5, 0.6) is 0 Å². The smallest absolute Gasteiger partial charge is 0.419 e. The van der Waals surface area contributed by atoms with Crippen molar-refractivity contribution < 1.29 is 28.1 Å². The molecule has 184 valence electrons. The van der Waals surface area contributed by atoms with Crippen LogP contribution in [0.2, 0.25) is 0 Å². The Kier molecular flexibility index (Phi) is 8.98. The molecule has 0 aromatic heterocycles. The van der Waals surface area contributed by atoms with E-state index in [4.69, 9.17) is 9.47 Å². The van der Waals surface area contributed by atoms with Crippen molar-refractivity contribution in [3.8, 4) is 0 Å². The lowest BCUT2D eigenvalue weighted by atomic mass is 10.1. The summed E-state index contributed by atoms with van der Waals surface area (Å²) >= 11 is 0. The Hall–Kier alpha value is -3.20. The summed E-state index contributed by atoms with van der Waals surface area (Å²) in [6, 6.07) is 15.4. The molecule has 2 aromatic rings. The topological polar surface area (TPSA) is 102 Å². The maximum atomic E-state index is 12.8. The van der Waals surface area contributed by atoms with Gasteiger partial charge in [-0.15, -0.1) is 0 Å². The molecule has 2 amide bonds. The third-order valence-electron chi connectivity index (χ3n) is 4.14. The molecule has 0 bridgehead atoms. The minimum Gasteiger partial charge on any atom is -0.443 e. The first-order chi connectivity index (χ1) is 15.7. The van der Waals surface area contributed by atoms with Crippen molar-refractivity contribution in [2.75, 3.05) is 11.3 Å². The van der Waals surface area contributed by atoms with Crippen LogP contribution in [-0.4, -0.2) is 44.8 Å². The first-order valence-electron chi connectivity index (χ1n) is 10.9. The molecule has 0 radical (unpaired) electrons. The number of benzene rings is 2. The number of ether oxygens (including phenoxy) is 2. The van der Waals surface area contributed by atoms with Gasteiger partial charge in [-0.2, -0.15) is 0 Å². The Morgan fingerprint density at radius 1 is 0.853 bits per heavy atom. The maximum Gasteiger partial charge on any atom is 0.419 e. The van der Waals surface area contributed by atoms with Crippen molar-refractivity contribution in [2.45, 2.75) is 64.1 Å². The van der Waals surface area contributed by atoms with E-state index >= 15 is 0 Å². The minimum absolute atomic E-state index is 0.135. The van der Waals surface area contributed by atoms with E-state index in [9.17, 15) is 18.6 Å². The van der Waals surface area contributed by atoms with E-state index in [2.05, 4.69) is 4.72 Å². The molecule has 34 heavy (non-hydrogen) atoms. The predicted molar refractivity (Wildman–Crippen MR) is 131 cm³/mol. The van der Waals surface area contributed by atoms with Gasteiger partial charge in [0, 0.05) is 24.2 Å². The van der Waals surface area contributed by atoms with Crippen LogP contribution >= 0.6 is 0 Å². The lowest BCUT2D eigenvalue weighted by Gasteiger charge is -2.28. The lowest BCUT2D eigenvalue weighted by molar-refractivity contribution is 0.00166. The third-order valence-corrected chi connectivity index (χ3v) is 5.26. The quantitative estimate of drug-likeness (QED) is 0.512. The monoisotopic (exact) mass is 488 g/mol. The van der Waals surface area contributed by atoms with Gasteiger partial charge in [0.1, 0.15) is 22.2 Å². The van der Waals surface area contributed by atoms with Crippen LogP contribution in [0.15, 0.2) is 59.5 Å². The van der Waals surface area contributed by atoms with Gasteiger partial charge in [0.15, 0.2) is 5.78 Å². The highest BCUT2D eigenvalue weighted by molar-refractivity contribution is 7.86. The molecular formula is C25H32N2O6S. The zero-order valence-electron chi connectivity index (χ0n) is 20.4. The van der Waals surface area contributed by atoms with Gasteiger partial charge >= 0.3 is 12.2 Å². The van der Waals surface area contributed by atoms with Gasteiger partial charge in [0.2, 0.25) is 0 Å². The van der Waals surface area contributed by atoms with Gasteiger partial charge in [-0.1, -0.05) is 30.3 Å². The Morgan fingerprint density at radius 3 is 1.94 bits per heavy atom. The van der Waals surface area contributed by atoms with E-state index in [0.717, 1.165) is 4.90 Å². The summed E-state index contributed by atoms with van der Waals surface area (Å²) < 4.78 is 26.0. The third kappa shape index (κ3) is 8.97. The highest BCUT2D eigenvalue weighted by Gasteiger charge is 2.31. The number of Topliss-reactive ketones (excluding diaryl/α,β-unsaturated/α-hetero) is 1. The number of nitrogens with zero attached hydrogens (tertiary/aromatic N) is 1. The van der Waals surface area contributed by atoms with E-state index in [1.54, 1.807) is 90.1 Å². The molecule has 0 aliphatic heterocycles. The number of anilines is 1. The van der Waals surface area contributed by atoms with Crippen LogP contribution in [0.25, 0.3) is 0 Å². The maximum absolute atomic E-state index is 12.8. The van der Waals surface area contributed by atoms with Crippen molar-refractivity contribution in [1.82, 2.24) is 4.90 Å². The van der Waals surface area contributed by atoms with Crippen LogP contribution in [0.1, 0.15) is 58.3 Å². The molecule has 0 fully saturated rings. The van der Waals surface area contributed by atoms with Crippen molar-refractivity contribution in [2.24, 2.45) is 0 Å². The zero-order chi connectivity index (χ0) is 25.5. The fraction of sp³-hybridized carbons (Fsp3) is 0.400. The van der Waals surface area contributed by atoms with Gasteiger partial charge in [-0.3, -0.25) is 4.79 Å². The van der Waals surface area contributed by atoms with Crippen LogP contribution in [0, 0.1) is 0 Å². The summed E-state index contributed by atoms with van der Waals surface area (Å²) in [5, 5.41) is 0. The number of hydrogen-bond donors (Lipinski definition) is 1. The second-order valence-electron chi connectivity index (χ2n) is 9.55. The summed E-state index contributed by atoms with van der Waals surface area (Å²) in [5.74, 6) is -0.300. The number of hydrogen-bond acceptors (Lipinski definition) is 6. The van der Waals surface area contributed by atoms with Crippen molar-refractivity contribution in [3.05, 3.63) is 60.2 Å². The molecule has 1 atom stereocenters. The summed E-state index contributed by atoms with van der Waals surface area (Å²) in [4.78, 5) is 39.4. The Labute approximate surface area is 203 Å². The summed E-state index contributed by atoms with van der Waals surface area (Å²) in [5.41, 5.74) is -0.793. The second kappa shape index (κ2) is 11.3. The average molecular weight is 489 g/mol.